The van der Waals surface area contributed by atoms with Gasteiger partial charge in [0.05, 0.1) is 12.0 Å². The molecule has 0 unspecified atom stereocenters. The number of imidazole rings is 1. The maximum atomic E-state index is 14.5. The quantitative estimate of drug-likeness (QED) is 0.701. The zero-order chi connectivity index (χ0) is 21.1. The van der Waals surface area contributed by atoms with Gasteiger partial charge in [0.2, 0.25) is 5.91 Å². The molecule has 0 saturated carbocycles. The van der Waals surface area contributed by atoms with Crippen molar-refractivity contribution in [2.75, 3.05) is 13.1 Å². The minimum Gasteiger partial charge on any atom is -0.459 e. The van der Waals surface area contributed by atoms with Crippen LogP contribution in [0.15, 0.2) is 53.4 Å². The number of nitrogens with zero attached hydrogens (tertiary/aromatic N) is 3. The first-order chi connectivity index (χ1) is 14.5. The lowest BCUT2D eigenvalue weighted by molar-refractivity contribution is -0.126. The van der Waals surface area contributed by atoms with E-state index in [1.807, 2.05) is 0 Å². The Morgan fingerprint density at radius 1 is 1.27 bits per heavy atom. The number of amides is 2. The molecular formula is C22H23FN4O3. The molecule has 8 heteroatoms. The average molecular weight is 410 g/mol. The lowest BCUT2D eigenvalue weighted by Gasteiger charge is -2.30. The Balaban J connectivity index is 1.29. The van der Waals surface area contributed by atoms with Crippen LogP contribution in [-0.4, -0.2) is 39.4 Å². The lowest BCUT2D eigenvalue weighted by Crippen LogP contribution is -2.42. The molecule has 0 bridgehead atoms. The molecule has 1 aliphatic heterocycles. The molecule has 3 heterocycles. The van der Waals surface area contributed by atoms with Gasteiger partial charge < -0.3 is 19.2 Å². The predicted octanol–water partition coefficient (Wildman–Crippen LogP) is 3.08. The summed E-state index contributed by atoms with van der Waals surface area (Å²) >= 11 is 0. The largest absolute Gasteiger partial charge is 0.459 e. The fourth-order valence-electron chi connectivity index (χ4n) is 3.72. The molecule has 2 aromatic heterocycles. The van der Waals surface area contributed by atoms with Crippen LogP contribution in [0.25, 0.3) is 5.69 Å². The van der Waals surface area contributed by atoms with Gasteiger partial charge in [-0.25, -0.2) is 9.37 Å². The maximum absolute atomic E-state index is 14.5. The lowest BCUT2D eigenvalue weighted by atomic mass is 9.95. The SMILES string of the molecule is Cc1nccn1-c1ccc(CNC(=O)C2CCN(C(=O)c3ccco3)CC2)cc1F. The average Bonchev–Trinajstić information content (AvgIpc) is 3.44. The first-order valence-corrected chi connectivity index (χ1v) is 9.92. The first-order valence-electron chi connectivity index (χ1n) is 9.92. The van der Waals surface area contributed by atoms with Gasteiger partial charge in [-0.2, -0.15) is 0 Å². The Kier molecular flexibility index (Phi) is 5.65. The molecule has 1 fully saturated rings. The summed E-state index contributed by atoms with van der Waals surface area (Å²) in [6, 6.07) is 8.23. The van der Waals surface area contributed by atoms with Crippen molar-refractivity contribution < 1.29 is 18.4 Å². The van der Waals surface area contributed by atoms with Crippen LogP contribution < -0.4 is 5.32 Å². The van der Waals surface area contributed by atoms with Crippen LogP contribution in [0.4, 0.5) is 4.39 Å². The maximum Gasteiger partial charge on any atom is 0.289 e. The summed E-state index contributed by atoms with van der Waals surface area (Å²) in [7, 11) is 0. The van der Waals surface area contributed by atoms with E-state index in [1.165, 1.54) is 12.3 Å². The van der Waals surface area contributed by atoms with Crippen molar-refractivity contribution in [3.05, 3.63) is 72.0 Å². The molecule has 2 amide bonds. The Hall–Kier alpha value is -3.42. The van der Waals surface area contributed by atoms with E-state index in [0.717, 1.165) is 0 Å². The molecule has 7 nitrogen and oxygen atoms in total. The number of likely N-dealkylation sites (tertiary alicyclic amines) is 1. The van der Waals surface area contributed by atoms with Crippen molar-refractivity contribution in [2.24, 2.45) is 5.92 Å². The summed E-state index contributed by atoms with van der Waals surface area (Å²) in [5, 5.41) is 2.89. The number of aryl methyl sites for hydroxylation is 1. The Morgan fingerprint density at radius 2 is 2.07 bits per heavy atom. The smallest absolute Gasteiger partial charge is 0.289 e. The number of halogens is 1. The first kappa shape index (κ1) is 19.9. The topological polar surface area (TPSA) is 80.4 Å². The van der Waals surface area contributed by atoms with Gasteiger partial charge in [0.15, 0.2) is 5.76 Å². The van der Waals surface area contributed by atoms with Crippen LogP contribution in [0, 0.1) is 18.7 Å². The minimum absolute atomic E-state index is 0.0740. The molecule has 4 rings (SSSR count). The van der Waals surface area contributed by atoms with E-state index in [2.05, 4.69) is 10.3 Å². The number of aromatic nitrogens is 2. The van der Waals surface area contributed by atoms with Crippen molar-refractivity contribution in [1.29, 1.82) is 0 Å². The van der Waals surface area contributed by atoms with Crippen molar-refractivity contribution in [2.45, 2.75) is 26.3 Å². The zero-order valence-corrected chi connectivity index (χ0v) is 16.7. The monoisotopic (exact) mass is 410 g/mol. The second-order valence-corrected chi connectivity index (χ2v) is 7.39. The van der Waals surface area contributed by atoms with Gasteiger partial charge in [-0.15, -0.1) is 0 Å². The van der Waals surface area contributed by atoms with Gasteiger partial charge >= 0.3 is 0 Å². The summed E-state index contributed by atoms with van der Waals surface area (Å²) in [5.74, 6) is 0.259. The van der Waals surface area contributed by atoms with Crippen LogP contribution in [0.3, 0.4) is 0 Å². The van der Waals surface area contributed by atoms with E-state index < -0.39 is 0 Å². The van der Waals surface area contributed by atoms with E-state index in [9.17, 15) is 14.0 Å². The van der Waals surface area contributed by atoms with Gasteiger partial charge in [0.1, 0.15) is 11.6 Å². The summed E-state index contributed by atoms with van der Waals surface area (Å²) in [6.45, 7) is 3.07. The third-order valence-electron chi connectivity index (χ3n) is 5.45. The Morgan fingerprint density at radius 3 is 2.70 bits per heavy atom. The molecule has 1 saturated heterocycles. The molecule has 0 spiro atoms. The molecule has 30 heavy (non-hydrogen) atoms. The fourth-order valence-corrected chi connectivity index (χ4v) is 3.72. The van der Waals surface area contributed by atoms with Crippen molar-refractivity contribution in [1.82, 2.24) is 19.8 Å². The van der Waals surface area contributed by atoms with Crippen molar-refractivity contribution in [3.8, 4) is 5.69 Å². The zero-order valence-electron chi connectivity index (χ0n) is 16.7. The van der Waals surface area contributed by atoms with E-state index in [0.29, 0.717) is 48.8 Å². The molecular weight excluding hydrogens is 387 g/mol. The highest BCUT2D eigenvalue weighted by Crippen LogP contribution is 2.20. The molecule has 0 radical (unpaired) electrons. The van der Waals surface area contributed by atoms with Crippen molar-refractivity contribution in [3.63, 3.8) is 0 Å². The Labute approximate surface area is 173 Å². The van der Waals surface area contributed by atoms with Crippen LogP contribution >= 0.6 is 0 Å². The van der Waals surface area contributed by atoms with Crippen molar-refractivity contribution >= 4 is 11.8 Å². The molecule has 1 aliphatic rings. The standard InChI is InChI=1S/C22H23FN4O3/c1-15-24-8-11-27(15)19-5-4-16(13-18(19)23)14-25-21(28)17-6-9-26(10-7-17)22(29)20-3-2-12-30-20/h2-5,8,11-13,17H,6-7,9-10,14H2,1H3,(H,25,28). The highest BCUT2D eigenvalue weighted by Gasteiger charge is 2.28. The summed E-state index contributed by atoms with van der Waals surface area (Å²) < 4.78 is 21.3. The number of nitrogens with one attached hydrogen (secondary N) is 1. The molecule has 156 valence electrons. The molecule has 0 atom stereocenters. The molecule has 1 aromatic carbocycles. The molecule has 1 N–H and O–H groups in total. The highest BCUT2D eigenvalue weighted by molar-refractivity contribution is 5.91. The van der Waals surface area contributed by atoms with E-state index in [4.69, 9.17) is 4.42 Å². The van der Waals surface area contributed by atoms with E-state index in [-0.39, 0.29) is 30.1 Å². The third kappa shape index (κ3) is 4.12. The summed E-state index contributed by atoms with van der Waals surface area (Å²) in [5.41, 5.74) is 1.11. The molecule has 0 aliphatic carbocycles. The van der Waals surface area contributed by atoms with E-state index in [1.54, 1.807) is 53.0 Å². The van der Waals surface area contributed by atoms with Crippen LogP contribution in [0.1, 0.15) is 34.8 Å². The third-order valence-corrected chi connectivity index (χ3v) is 5.45. The van der Waals surface area contributed by atoms with Crippen LogP contribution in [0.5, 0.6) is 0 Å². The van der Waals surface area contributed by atoms with Crippen LogP contribution in [-0.2, 0) is 11.3 Å². The summed E-state index contributed by atoms with van der Waals surface area (Å²) in [4.78, 5) is 30.6. The second kappa shape index (κ2) is 8.52. The number of rotatable bonds is 5. The number of carbonyl (C=O) groups excluding carboxylic acids is 2. The number of hydrogen-bond acceptors (Lipinski definition) is 4. The second-order valence-electron chi connectivity index (χ2n) is 7.39. The van der Waals surface area contributed by atoms with Crippen LogP contribution in [0.2, 0.25) is 0 Å². The predicted molar refractivity (Wildman–Crippen MR) is 107 cm³/mol. The number of furan rings is 1. The van der Waals surface area contributed by atoms with Gasteiger partial charge in [-0.05, 0) is 49.6 Å². The number of piperidine rings is 1. The van der Waals surface area contributed by atoms with Gasteiger partial charge in [0, 0.05) is 37.9 Å². The number of carbonyl (C=O) groups is 2. The van der Waals surface area contributed by atoms with Gasteiger partial charge in [-0.1, -0.05) is 6.07 Å². The Bertz CT molecular complexity index is 1040. The molecule has 3 aromatic rings. The highest BCUT2D eigenvalue weighted by atomic mass is 19.1. The fraction of sp³-hybridized carbons (Fsp3) is 0.318. The van der Waals surface area contributed by atoms with E-state index >= 15 is 0 Å². The minimum atomic E-state index is -0.368. The summed E-state index contributed by atoms with van der Waals surface area (Å²) in [6.07, 6.45) is 5.98. The van der Waals surface area contributed by atoms with Gasteiger partial charge in [0.25, 0.3) is 5.91 Å². The normalized spacial score (nSPS) is 14.7. The number of benzene rings is 1. The number of hydrogen-bond donors (Lipinski definition) is 1. The van der Waals surface area contributed by atoms with Gasteiger partial charge in [-0.3, -0.25) is 9.59 Å².